The number of carbonyl (C=O) groups is 3. The van der Waals surface area contributed by atoms with E-state index in [0.29, 0.717) is 0 Å². The number of nitrogens with two attached hydrogens (primary N) is 1. The molecule has 0 fully saturated rings. The van der Waals surface area contributed by atoms with Crippen LogP contribution in [0.5, 0.6) is 5.75 Å². The number of aromatic hydroxyl groups is 1. The van der Waals surface area contributed by atoms with Gasteiger partial charge in [0.2, 0.25) is 0 Å². The monoisotopic (exact) mass is 281 g/mol. The summed E-state index contributed by atoms with van der Waals surface area (Å²) < 4.78 is 0. The molecule has 0 aliphatic rings. The number of phenols is 1. The largest absolute Gasteiger partial charge is 0.508 e. The minimum absolute atomic E-state index is 0.00640. The van der Waals surface area contributed by atoms with Crippen LogP contribution in [0, 0.1) is 0 Å². The Morgan fingerprint density at radius 3 is 2.40 bits per heavy atom. The molecule has 5 N–H and O–H groups in total. The molecular formula is C13H15NO6. The standard InChI is InChI=1S/C13H15NO6/c14-10(13(19)20)3-2-9(15)6-8-5-7(12(17)18)1-4-11(8)16/h1,4-5,10,16H,2-3,6,14H2,(H,17,18)(H,19,20)/t10-/m0/s1. The summed E-state index contributed by atoms with van der Waals surface area (Å²) in [6.07, 6.45) is -0.225. The minimum atomic E-state index is -1.19. The maximum Gasteiger partial charge on any atom is 0.335 e. The zero-order chi connectivity index (χ0) is 15.3. The van der Waals surface area contributed by atoms with Gasteiger partial charge in [-0.25, -0.2) is 4.79 Å². The van der Waals surface area contributed by atoms with Crippen LogP contribution in [0.1, 0.15) is 28.8 Å². The smallest absolute Gasteiger partial charge is 0.335 e. The van der Waals surface area contributed by atoms with Crippen LogP contribution in [0.25, 0.3) is 0 Å². The van der Waals surface area contributed by atoms with E-state index >= 15 is 0 Å². The van der Waals surface area contributed by atoms with E-state index in [0.717, 1.165) is 0 Å². The number of Topliss-reactive ketones (excluding diaryl/α,β-unsaturated/α-hetero) is 1. The summed E-state index contributed by atoms with van der Waals surface area (Å²) in [6, 6.07) is 2.53. The normalized spacial score (nSPS) is 11.8. The van der Waals surface area contributed by atoms with E-state index in [1.54, 1.807) is 0 Å². The second kappa shape index (κ2) is 6.67. The molecule has 108 valence electrons. The van der Waals surface area contributed by atoms with Gasteiger partial charge in [-0.2, -0.15) is 0 Å². The molecule has 0 bridgehead atoms. The van der Waals surface area contributed by atoms with E-state index in [4.69, 9.17) is 15.9 Å². The zero-order valence-electron chi connectivity index (χ0n) is 10.6. The van der Waals surface area contributed by atoms with Crippen molar-refractivity contribution < 1.29 is 29.7 Å². The highest BCUT2D eigenvalue weighted by molar-refractivity contribution is 5.89. The summed E-state index contributed by atoms with van der Waals surface area (Å²) in [4.78, 5) is 33.0. The van der Waals surface area contributed by atoms with Crippen LogP contribution in [0.15, 0.2) is 18.2 Å². The highest BCUT2D eigenvalue weighted by Crippen LogP contribution is 2.20. The van der Waals surface area contributed by atoms with E-state index in [-0.39, 0.29) is 41.9 Å². The number of carbonyl (C=O) groups excluding carboxylic acids is 1. The maximum atomic E-state index is 11.7. The van der Waals surface area contributed by atoms with Gasteiger partial charge < -0.3 is 21.1 Å². The Balaban J connectivity index is 2.68. The number of phenolic OH excluding ortho intramolecular Hbond substituents is 1. The Morgan fingerprint density at radius 2 is 1.85 bits per heavy atom. The van der Waals surface area contributed by atoms with Gasteiger partial charge in [-0.15, -0.1) is 0 Å². The first-order valence-electron chi connectivity index (χ1n) is 5.86. The number of benzene rings is 1. The van der Waals surface area contributed by atoms with Crippen LogP contribution in [0.3, 0.4) is 0 Å². The van der Waals surface area contributed by atoms with E-state index in [9.17, 15) is 19.5 Å². The zero-order valence-corrected chi connectivity index (χ0v) is 10.6. The topological polar surface area (TPSA) is 138 Å². The van der Waals surface area contributed by atoms with Crippen molar-refractivity contribution >= 4 is 17.7 Å². The van der Waals surface area contributed by atoms with Gasteiger partial charge in [0.05, 0.1) is 5.56 Å². The van der Waals surface area contributed by atoms with Gasteiger partial charge >= 0.3 is 11.9 Å². The highest BCUT2D eigenvalue weighted by Gasteiger charge is 2.15. The molecule has 1 aromatic carbocycles. The van der Waals surface area contributed by atoms with Gasteiger partial charge in [-0.05, 0) is 24.6 Å². The van der Waals surface area contributed by atoms with Gasteiger partial charge in [0.15, 0.2) is 0 Å². The minimum Gasteiger partial charge on any atom is -0.508 e. The molecule has 0 aliphatic heterocycles. The predicted octanol–water partition coefficient (Wildman–Crippen LogP) is 0.394. The first kappa shape index (κ1) is 15.6. The number of carboxylic acid groups (broad SMARTS) is 2. The van der Waals surface area contributed by atoms with Gasteiger partial charge in [-0.1, -0.05) is 0 Å². The second-order valence-electron chi connectivity index (χ2n) is 4.35. The molecule has 1 aromatic rings. The lowest BCUT2D eigenvalue weighted by Crippen LogP contribution is -2.30. The molecule has 0 heterocycles. The van der Waals surface area contributed by atoms with E-state index in [1.807, 2.05) is 0 Å². The summed E-state index contributed by atoms with van der Waals surface area (Å²) in [6.45, 7) is 0. The summed E-state index contributed by atoms with van der Waals surface area (Å²) in [5.41, 5.74) is 5.43. The Morgan fingerprint density at radius 1 is 1.20 bits per heavy atom. The summed E-state index contributed by atoms with van der Waals surface area (Å²) in [5, 5.41) is 27.0. The molecule has 0 aromatic heterocycles. The number of hydrogen-bond acceptors (Lipinski definition) is 5. The molecule has 20 heavy (non-hydrogen) atoms. The van der Waals surface area contributed by atoms with Crippen molar-refractivity contribution in [3.05, 3.63) is 29.3 Å². The molecule has 0 spiro atoms. The van der Waals surface area contributed by atoms with E-state index < -0.39 is 18.0 Å². The van der Waals surface area contributed by atoms with E-state index in [2.05, 4.69) is 0 Å². The molecule has 7 heteroatoms. The Hall–Kier alpha value is -2.41. The fraction of sp³-hybridized carbons (Fsp3) is 0.308. The third-order valence-corrected chi connectivity index (χ3v) is 2.77. The first-order valence-corrected chi connectivity index (χ1v) is 5.86. The number of ketones is 1. The quantitative estimate of drug-likeness (QED) is 0.567. The molecule has 0 saturated carbocycles. The Kier molecular flexibility index (Phi) is 5.22. The molecule has 0 radical (unpaired) electrons. The maximum absolute atomic E-state index is 11.7. The van der Waals surface area contributed by atoms with Gasteiger partial charge in [0.1, 0.15) is 17.6 Å². The van der Waals surface area contributed by atoms with Crippen LogP contribution in [-0.2, 0) is 16.0 Å². The highest BCUT2D eigenvalue weighted by atomic mass is 16.4. The lowest BCUT2D eigenvalue weighted by molar-refractivity contribution is -0.138. The van der Waals surface area contributed by atoms with Gasteiger partial charge in [-0.3, -0.25) is 9.59 Å². The Bertz CT molecular complexity index is 540. The van der Waals surface area contributed by atoms with Crippen molar-refractivity contribution in [2.24, 2.45) is 5.73 Å². The fourth-order valence-electron chi connectivity index (χ4n) is 1.60. The average molecular weight is 281 g/mol. The average Bonchev–Trinajstić information content (AvgIpc) is 2.38. The molecular weight excluding hydrogens is 266 g/mol. The summed E-state index contributed by atoms with van der Waals surface area (Å²) in [7, 11) is 0. The number of rotatable bonds is 7. The molecule has 0 unspecified atom stereocenters. The van der Waals surface area contributed by atoms with Gasteiger partial charge in [0.25, 0.3) is 0 Å². The predicted molar refractivity (Wildman–Crippen MR) is 68.6 cm³/mol. The van der Waals surface area contributed by atoms with Crippen LogP contribution in [-0.4, -0.2) is 39.1 Å². The molecule has 0 saturated heterocycles. The van der Waals surface area contributed by atoms with E-state index in [1.165, 1.54) is 18.2 Å². The summed E-state index contributed by atoms with van der Waals surface area (Å²) in [5.74, 6) is -2.84. The molecule has 1 atom stereocenters. The van der Waals surface area contributed by atoms with Crippen LogP contribution < -0.4 is 5.73 Å². The van der Waals surface area contributed by atoms with Crippen molar-refractivity contribution in [2.45, 2.75) is 25.3 Å². The van der Waals surface area contributed by atoms with Crippen molar-refractivity contribution in [2.75, 3.05) is 0 Å². The second-order valence-corrected chi connectivity index (χ2v) is 4.35. The number of aromatic carboxylic acids is 1. The lowest BCUT2D eigenvalue weighted by Gasteiger charge is -2.07. The molecule has 1 rings (SSSR count). The van der Waals surface area contributed by atoms with Crippen molar-refractivity contribution in [3.63, 3.8) is 0 Å². The number of carboxylic acids is 2. The van der Waals surface area contributed by atoms with Crippen LogP contribution in [0.2, 0.25) is 0 Å². The van der Waals surface area contributed by atoms with Crippen LogP contribution in [0.4, 0.5) is 0 Å². The third kappa shape index (κ3) is 4.36. The number of aliphatic carboxylic acids is 1. The SMILES string of the molecule is N[C@@H](CCC(=O)Cc1cc(C(=O)O)ccc1O)C(=O)O. The molecule has 0 amide bonds. The van der Waals surface area contributed by atoms with Crippen molar-refractivity contribution in [1.82, 2.24) is 0 Å². The fourth-order valence-corrected chi connectivity index (χ4v) is 1.60. The van der Waals surface area contributed by atoms with Gasteiger partial charge in [0, 0.05) is 18.4 Å². The first-order chi connectivity index (χ1) is 9.31. The Labute approximate surface area is 114 Å². The molecule has 7 nitrogen and oxygen atoms in total. The lowest BCUT2D eigenvalue weighted by atomic mass is 10.0. The van der Waals surface area contributed by atoms with Crippen molar-refractivity contribution in [1.29, 1.82) is 0 Å². The number of hydrogen-bond donors (Lipinski definition) is 4. The molecule has 0 aliphatic carbocycles. The van der Waals surface area contributed by atoms with Crippen molar-refractivity contribution in [3.8, 4) is 5.75 Å². The summed E-state index contributed by atoms with van der Waals surface area (Å²) >= 11 is 0. The van der Waals surface area contributed by atoms with Crippen LogP contribution >= 0.6 is 0 Å². The third-order valence-electron chi connectivity index (χ3n) is 2.77.